The van der Waals surface area contributed by atoms with E-state index in [9.17, 15) is 22.0 Å². The Morgan fingerprint density at radius 2 is 1.71 bits per heavy atom. The summed E-state index contributed by atoms with van der Waals surface area (Å²) in [5.41, 5.74) is 0.463. The number of anilines is 2. The molecule has 0 saturated carbocycles. The lowest BCUT2D eigenvalue weighted by Crippen LogP contribution is -2.26. The molecule has 0 saturated heterocycles. The zero-order valence-corrected chi connectivity index (χ0v) is 14.1. The van der Waals surface area contributed by atoms with Gasteiger partial charge in [-0.1, -0.05) is 12.1 Å². The Kier molecular flexibility index (Phi) is 4.88. The number of hydrogen-bond acceptors (Lipinski definition) is 3. The normalized spacial score (nSPS) is 11.2. The van der Waals surface area contributed by atoms with Crippen LogP contribution < -0.4 is 9.62 Å². The number of nitrogens with zero attached hydrogens (tertiary/aromatic N) is 1. The zero-order chi connectivity index (χ0) is 18.1. The molecule has 0 aromatic heterocycles. The quantitative estimate of drug-likeness (QED) is 0.918. The summed E-state index contributed by atoms with van der Waals surface area (Å²) < 4.78 is 51.6. The molecule has 0 aliphatic carbocycles. The van der Waals surface area contributed by atoms with Gasteiger partial charge in [0.05, 0.1) is 11.9 Å². The summed E-state index contributed by atoms with van der Waals surface area (Å²) in [6.07, 6.45) is 1.04. The summed E-state index contributed by atoms with van der Waals surface area (Å²) in [5, 5.41) is 2.16. The summed E-state index contributed by atoms with van der Waals surface area (Å²) in [7, 11) is -2.15. The molecule has 1 amide bonds. The van der Waals surface area contributed by atoms with Crippen LogP contribution in [0, 0.1) is 18.6 Å². The van der Waals surface area contributed by atoms with Gasteiger partial charge < -0.3 is 5.32 Å². The summed E-state index contributed by atoms with van der Waals surface area (Å²) >= 11 is 0. The third kappa shape index (κ3) is 3.70. The summed E-state index contributed by atoms with van der Waals surface area (Å²) in [4.78, 5) is 12.2. The molecule has 0 unspecified atom stereocenters. The fourth-order valence-electron chi connectivity index (χ4n) is 2.07. The minimum atomic E-state index is -3.51. The lowest BCUT2D eigenvalue weighted by atomic mass is 10.1. The predicted octanol–water partition coefficient (Wildman–Crippen LogP) is 2.92. The van der Waals surface area contributed by atoms with Crippen molar-refractivity contribution in [3.8, 4) is 0 Å². The second-order valence-corrected chi connectivity index (χ2v) is 7.30. The summed E-state index contributed by atoms with van der Waals surface area (Å²) in [6, 6.07) is 7.59. The SMILES string of the molecule is Cc1ccc(C(=O)Nc2c(F)cccc2F)cc1N(C)S(C)(=O)=O. The van der Waals surface area contributed by atoms with Crippen molar-refractivity contribution in [2.75, 3.05) is 22.9 Å². The zero-order valence-electron chi connectivity index (χ0n) is 13.3. The fourth-order valence-corrected chi connectivity index (χ4v) is 2.63. The maximum absolute atomic E-state index is 13.6. The number of nitrogens with one attached hydrogen (secondary N) is 1. The van der Waals surface area contributed by atoms with Crippen molar-refractivity contribution in [3.05, 3.63) is 59.2 Å². The van der Waals surface area contributed by atoms with E-state index in [2.05, 4.69) is 5.32 Å². The molecule has 5 nitrogen and oxygen atoms in total. The van der Waals surface area contributed by atoms with Crippen LogP contribution in [0.25, 0.3) is 0 Å². The highest BCUT2D eigenvalue weighted by atomic mass is 32.2. The number of carbonyl (C=O) groups excluding carboxylic acids is 1. The molecule has 0 aliphatic rings. The summed E-state index contributed by atoms with van der Waals surface area (Å²) in [6.45, 7) is 1.69. The number of halogens is 2. The molecule has 0 atom stereocenters. The van der Waals surface area contributed by atoms with Crippen LogP contribution in [0.1, 0.15) is 15.9 Å². The molecule has 0 radical (unpaired) electrons. The number of aryl methyl sites for hydroxylation is 1. The lowest BCUT2D eigenvalue weighted by Gasteiger charge is -2.19. The Hall–Kier alpha value is -2.48. The van der Waals surface area contributed by atoms with Crippen molar-refractivity contribution in [2.45, 2.75) is 6.92 Å². The minimum absolute atomic E-state index is 0.0775. The van der Waals surface area contributed by atoms with Crippen molar-refractivity contribution in [2.24, 2.45) is 0 Å². The number of carbonyl (C=O) groups is 1. The van der Waals surface area contributed by atoms with Gasteiger partial charge in [-0.3, -0.25) is 9.10 Å². The molecule has 0 bridgehead atoms. The number of amides is 1. The number of rotatable bonds is 4. The summed E-state index contributed by atoms with van der Waals surface area (Å²) in [5.74, 6) is -2.55. The van der Waals surface area contributed by atoms with E-state index < -0.39 is 33.3 Å². The van der Waals surface area contributed by atoms with Gasteiger partial charge in [-0.15, -0.1) is 0 Å². The van der Waals surface area contributed by atoms with Crippen molar-refractivity contribution < 1.29 is 22.0 Å². The number of para-hydroxylation sites is 1. The van der Waals surface area contributed by atoms with E-state index in [0.29, 0.717) is 11.3 Å². The van der Waals surface area contributed by atoms with Crippen LogP contribution in [0.4, 0.5) is 20.2 Å². The first-order valence-corrected chi connectivity index (χ1v) is 8.76. The van der Waals surface area contributed by atoms with Gasteiger partial charge in [0.25, 0.3) is 5.91 Å². The molecule has 2 aromatic rings. The molecule has 24 heavy (non-hydrogen) atoms. The van der Waals surface area contributed by atoms with Gasteiger partial charge in [0.15, 0.2) is 0 Å². The molecule has 0 fully saturated rings. The minimum Gasteiger partial charge on any atom is -0.317 e. The standard InChI is InChI=1S/C16H16F2N2O3S/c1-10-7-8-11(9-14(10)20(2)24(3,22)23)16(21)19-15-12(17)5-4-6-13(15)18/h4-9H,1-3H3,(H,19,21). The van der Waals surface area contributed by atoms with Crippen LogP contribution in [0.2, 0.25) is 0 Å². The van der Waals surface area contributed by atoms with E-state index in [4.69, 9.17) is 0 Å². The van der Waals surface area contributed by atoms with E-state index in [1.165, 1.54) is 25.2 Å². The number of sulfonamides is 1. The van der Waals surface area contributed by atoms with E-state index >= 15 is 0 Å². The average Bonchev–Trinajstić information content (AvgIpc) is 2.49. The van der Waals surface area contributed by atoms with Crippen molar-refractivity contribution in [1.29, 1.82) is 0 Å². The Balaban J connectivity index is 2.38. The maximum Gasteiger partial charge on any atom is 0.255 e. The highest BCUT2D eigenvalue weighted by molar-refractivity contribution is 7.92. The molecule has 0 spiro atoms. The van der Waals surface area contributed by atoms with Crippen LogP contribution in [0.3, 0.4) is 0 Å². The molecule has 2 rings (SSSR count). The Morgan fingerprint density at radius 1 is 1.12 bits per heavy atom. The topological polar surface area (TPSA) is 66.5 Å². The van der Waals surface area contributed by atoms with Gasteiger partial charge >= 0.3 is 0 Å². The second-order valence-electron chi connectivity index (χ2n) is 5.28. The van der Waals surface area contributed by atoms with E-state index in [0.717, 1.165) is 22.7 Å². The lowest BCUT2D eigenvalue weighted by molar-refractivity contribution is 0.102. The van der Waals surface area contributed by atoms with Gasteiger partial charge in [0, 0.05) is 12.6 Å². The van der Waals surface area contributed by atoms with Gasteiger partial charge in [-0.05, 0) is 36.8 Å². The van der Waals surface area contributed by atoms with Gasteiger partial charge in [0.2, 0.25) is 10.0 Å². The predicted molar refractivity (Wildman–Crippen MR) is 88.7 cm³/mol. The first kappa shape index (κ1) is 17.9. The van der Waals surface area contributed by atoms with Crippen LogP contribution in [-0.2, 0) is 10.0 Å². The second kappa shape index (κ2) is 6.56. The Labute approximate surface area is 139 Å². The molecule has 8 heteroatoms. The monoisotopic (exact) mass is 354 g/mol. The molecule has 1 N–H and O–H groups in total. The van der Waals surface area contributed by atoms with Gasteiger partial charge in [-0.2, -0.15) is 0 Å². The Bertz CT molecular complexity index is 878. The molecule has 0 aliphatic heterocycles. The smallest absolute Gasteiger partial charge is 0.255 e. The maximum atomic E-state index is 13.6. The number of hydrogen-bond donors (Lipinski definition) is 1. The third-order valence-electron chi connectivity index (χ3n) is 3.51. The number of benzene rings is 2. The molecule has 128 valence electrons. The highest BCUT2D eigenvalue weighted by Crippen LogP contribution is 2.24. The van der Waals surface area contributed by atoms with Crippen LogP contribution in [0.15, 0.2) is 36.4 Å². The van der Waals surface area contributed by atoms with Crippen molar-refractivity contribution in [3.63, 3.8) is 0 Å². The fraction of sp³-hybridized carbons (Fsp3) is 0.188. The molecule has 0 heterocycles. The first-order valence-electron chi connectivity index (χ1n) is 6.91. The van der Waals surface area contributed by atoms with Crippen LogP contribution >= 0.6 is 0 Å². The van der Waals surface area contributed by atoms with Crippen molar-refractivity contribution >= 4 is 27.3 Å². The average molecular weight is 354 g/mol. The van der Waals surface area contributed by atoms with Gasteiger partial charge in [0.1, 0.15) is 17.3 Å². The van der Waals surface area contributed by atoms with E-state index in [1.807, 2.05) is 0 Å². The molecular weight excluding hydrogens is 338 g/mol. The van der Waals surface area contributed by atoms with Crippen LogP contribution in [0.5, 0.6) is 0 Å². The Morgan fingerprint density at radius 3 is 2.25 bits per heavy atom. The highest BCUT2D eigenvalue weighted by Gasteiger charge is 2.18. The third-order valence-corrected chi connectivity index (χ3v) is 4.70. The van der Waals surface area contributed by atoms with E-state index in [1.54, 1.807) is 13.0 Å². The largest absolute Gasteiger partial charge is 0.317 e. The first-order chi connectivity index (χ1) is 11.1. The van der Waals surface area contributed by atoms with Crippen LogP contribution in [-0.4, -0.2) is 27.6 Å². The molecular formula is C16H16F2N2O3S. The van der Waals surface area contributed by atoms with Crippen molar-refractivity contribution in [1.82, 2.24) is 0 Å². The molecule has 2 aromatic carbocycles. The van der Waals surface area contributed by atoms with E-state index in [-0.39, 0.29) is 5.56 Å². The van der Waals surface area contributed by atoms with Gasteiger partial charge in [-0.25, -0.2) is 17.2 Å².